The monoisotopic (exact) mass is 449 g/mol. The predicted molar refractivity (Wildman–Crippen MR) is 133 cm³/mol. The van der Waals surface area contributed by atoms with Crippen molar-refractivity contribution in [2.24, 2.45) is 0 Å². The van der Waals surface area contributed by atoms with E-state index < -0.39 is 6.04 Å². The molecule has 3 heterocycles. The molecular formula is C27H16NO2PS. The van der Waals surface area contributed by atoms with Crippen LogP contribution in [0.5, 0.6) is 23.0 Å². The molecule has 0 bridgehead atoms. The molecule has 7 rings (SSSR count). The molecule has 32 heavy (non-hydrogen) atoms. The van der Waals surface area contributed by atoms with Crippen molar-refractivity contribution in [1.82, 2.24) is 4.98 Å². The highest BCUT2D eigenvalue weighted by Gasteiger charge is 2.43. The van der Waals surface area contributed by atoms with Crippen LogP contribution in [0.4, 0.5) is 0 Å². The van der Waals surface area contributed by atoms with Gasteiger partial charge < -0.3 is 9.47 Å². The van der Waals surface area contributed by atoms with Gasteiger partial charge in [-0.2, -0.15) is 0 Å². The fraction of sp³-hybridized carbons (Fsp3) is 0. The van der Waals surface area contributed by atoms with Crippen molar-refractivity contribution in [2.45, 2.75) is 0 Å². The lowest BCUT2D eigenvalue weighted by Gasteiger charge is -2.38. The second kappa shape index (κ2) is 6.52. The van der Waals surface area contributed by atoms with Crippen LogP contribution in [0, 0.1) is 0 Å². The quantitative estimate of drug-likeness (QED) is 0.294. The molecule has 152 valence electrons. The van der Waals surface area contributed by atoms with Crippen LogP contribution in [0.15, 0.2) is 97.2 Å². The third-order valence-electron chi connectivity index (χ3n) is 6.16. The third-order valence-corrected chi connectivity index (χ3v) is 11.0. The molecule has 0 radical (unpaired) electrons. The lowest BCUT2D eigenvalue weighted by Crippen LogP contribution is -2.35. The number of rotatable bonds is 1. The maximum Gasteiger partial charge on any atom is 0.148 e. The topological polar surface area (TPSA) is 31.4 Å². The molecule has 0 saturated heterocycles. The van der Waals surface area contributed by atoms with E-state index in [0.717, 1.165) is 60.9 Å². The van der Waals surface area contributed by atoms with E-state index in [2.05, 4.69) is 47.4 Å². The van der Waals surface area contributed by atoms with Gasteiger partial charge in [0.1, 0.15) is 23.0 Å². The SMILES string of the molecule is S=P12c3ccccc3Oc3ccc(-c4ccc5ncccc5c4)c(c31)Oc1ccccc12. The molecule has 5 heteroatoms. The molecule has 1 atom stereocenters. The van der Waals surface area contributed by atoms with Gasteiger partial charge in [-0.1, -0.05) is 48.2 Å². The third kappa shape index (κ3) is 2.37. The largest absolute Gasteiger partial charge is 0.456 e. The van der Waals surface area contributed by atoms with E-state index in [4.69, 9.17) is 21.3 Å². The van der Waals surface area contributed by atoms with Crippen molar-refractivity contribution in [3.8, 4) is 34.1 Å². The zero-order valence-corrected chi connectivity index (χ0v) is 18.6. The number of aromatic nitrogens is 1. The lowest BCUT2D eigenvalue weighted by molar-refractivity contribution is 0.467. The number of benzene rings is 4. The molecule has 2 aliphatic rings. The van der Waals surface area contributed by atoms with Gasteiger partial charge in [0.05, 0.1) is 16.9 Å². The minimum Gasteiger partial charge on any atom is -0.456 e. The van der Waals surface area contributed by atoms with Crippen LogP contribution < -0.4 is 25.4 Å². The van der Waals surface area contributed by atoms with Gasteiger partial charge in [0, 0.05) is 27.8 Å². The summed E-state index contributed by atoms with van der Waals surface area (Å²) in [5.74, 6) is 3.28. The number of pyridine rings is 1. The van der Waals surface area contributed by atoms with Crippen LogP contribution in [0.1, 0.15) is 0 Å². The molecule has 0 N–H and O–H groups in total. The van der Waals surface area contributed by atoms with E-state index in [-0.39, 0.29) is 0 Å². The highest BCUT2D eigenvalue weighted by molar-refractivity contribution is 8.26. The Morgan fingerprint density at radius 3 is 2.25 bits per heavy atom. The summed E-state index contributed by atoms with van der Waals surface area (Å²) in [6, 6.07) is 28.4. The van der Waals surface area contributed by atoms with Gasteiger partial charge in [-0.15, -0.1) is 0 Å². The maximum atomic E-state index is 6.59. The molecule has 5 aromatic rings. The van der Waals surface area contributed by atoms with Gasteiger partial charge in [-0.3, -0.25) is 4.98 Å². The van der Waals surface area contributed by atoms with Crippen molar-refractivity contribution in [2.75, 3.05) is 0 Å². The number of para-hydroxylation sites is 2. The Morgan fingerprint density at radius 2 is 1.44 bits per heavy atom. The minimum atomic E-state index is -2.34. The average molecular weight is 449 g/mol. The highest BCUT2D eigenvalue weighted by atomic mass is 32.4. The molecule has 0 fully saturated rings. The van der Waals surface area contributed by atoms with Crippen LogP contribution in [0.3, 0.4) is 0 Å². The minimum absolute atomic E-state index is 0.794. The Balaban J connectivity index is 1.56. The molecule has 1 aromatic heterocycles. The standard InChI is InChI=1S/C27H16NO2PS/c32-31-24-9-3-1-7-21(24)29-23-14-12-19(17-11-13-20-18(16-17)6-5-15-28-20)26(27(23)31)30-22-8-2-4-10-25(22)31/h1-16H. The number of ether oxygens (including phenoxy) is 2. The van der Waals surface area contributed by atoms with E-state index in [9.17, 15) is 0 Å². The van der Waals surface area contributed by atoms with Gasteiger partial charge >= 0.3 is 0 Å². The molecule has 0 aliphatic carbocycles. The normalized spacial score (nSPS) is 17.5. The van der Waals surface area contributed by atoms with Crippen LogP contribution in [-0.4, -0.2) is 4.98 Å². The summed E-state index contributed by atoms with van der Waals surface area (Å²) < 4.78 is 12.9. The Morgan fingerprint density at radius 1 is 0.688 bits per heavy atom. The molecule has 2 aliphatic heterocycles. The first-order valence-electron chi connectivity index (χ1n) is 10.4. The number of hydrogen-bond acceptors (Lipinski definition) is 4. The molecule has 3 nitrogen and oxygen atoms in total. The number of hydrogen-bond donors (Lipinski definition) is 0. The molecule has 0 amide bonds. The first-order chi connectivity index (χ1) is 15.7. The summed E-state index contributed by atoms with van der Waals surface area (Å²) in [5.41, 5.74) is 3.06. The van der Waals surface area contributed by atoms with Crippen LogP contribution >= 0.6 is 6.04 Å². The van der Waals surface area contributed by atoms with Crippen molar-refractivity contribution >= 4 is 44.7 Å². The summed E-state index contributed by atoms with van der Waals surface area (Å²) in [6.45, 7) is 0. The smallest absolute Gasteiger partial charge is 0.148 e. The van der Waals surface area contributed by atoms with Crippen LogP contribution in [0.2, 0.25) is 0 Å². The van der Waals surface area contributed by atoms with Gasteiger partial charge in [0.15, 0.2) is 0 Å². The molecule has 1 unspecified atom stereocenters. The Labute approximate surface area is 190 Å². The summed E-state index contributed by atoms with van der Waals surface area (Å²) in [4.78, 5) is 4.46. The van der Waals surface area contributed by atoms with E-state index in [1.54, 1.807) is 0 Å². The fourth-order valence-corrected chi connectivity index (χ4v) is 9.21. The fourth-order valence-electron chi connectivity index (χ4n) is 4.71. The summed E-state index contributed by atoms with van der Waals surface area (Å²) in [7, 11) is 0. The van der Waals surface area contributed by atoms with Crippen LogP contribution in [-0.2, 0) is 11.8 Å². The summed E-state index contributed by atoms with van der Waals surface area (Å²) >= 11 is 6.59. The van der Waals surface area contributed by atoms with Gasteiger partial charge in [0.2, 0.25) is 0 Å². The van der Waals surface area contributed by atoms with E-state index in [1.807, 2.05) is 54.7 Å². The predicted octanol–water partition coefficient (Wildman–Crippen LogP) is 5.87. The van der Waals surface area contributed by atoms with Gasteiger partial charge in [-0.05, 0) is 60.2 Å². The average Bonchev–Trinajstić information content (AvgIpc) is 2.84. The Hall–Kier alpha value is -3.46. The van der Waals surface area contributed by atoms with Gasteiger partial charge in [0.25, 0.3) is 0 Å². The second-order valence-corrected chi connectivity index (χ2v) is 12.2. The highest BCUT2D eigenvalue weighted by Crippen LogP contribution is 2.59. The Kier molecular flexibility index (Phi) is 3.70. The summed E-state index contributed by atoms with van der Waals surface area (Å²) in [5, 5.41) is 4.26. The van der Waals surface area contributed by atoms with E-state index in [1.165, 1.54) is 0 Å². The van der Waals surface area contributed by atoms with Crippen molar-refractivity contribution in [1.29, 1.82) is 0 Å². The lowest BCUT2D eigenvalue weighted by atomic mass is 10.0. The zero-order valence-electron chi connectivity index (χ0n) is 16.9. The maximum absolute atomic E-state index is 6.59. The molecule has 0 saturated carbocycles. The van der Waals surface area contributed by atoms with Gasteiger partial charge in [-0.25, -0.2) is 0 Å². The van der Waals surface area contributed by atoms with Crippen molar-refractivity contribution in [3.05, 3.63) is 97.2 Å². The van der Waals surface area contributed by atoms with Crippen molar-refractivity contribution < 1.29 is 9.47 Å². The van der Waals surface area contributed by atoms with E-state index >= 15 is 0 Å². The first kappa shape index (κ1) is 18.1. The van der Waals surface area contributed by atoms with E-state index in [0.29, 0.717) is 0 Å². The molecule has 0 spiro atoms. The summed E-state index contributed by atoms with van der Waals surface area (Å²) in [6.07, 6.45) is 1.82. The zero-order chi connectivity index (χ0) is 21.3. The molecule has 4 aromatic carbocycles. The number of nitrogens with zero attached hydrogens (tertiary/aromatic N) is 1. The van der Waals surface area contributed by atoms with Crippen molar-refractivity contribution in [3.63, 3.8) is 0 Å². The van der Waals surface area contributed by atoms with Crippen LogP contribution in [0.25, 0.3) is 22.0 Å². The second-order valence-electron chi connectivity index (χ2n) is 7.95. The first-order valence-corrected chi connectivity index (χ1v) is 13.2. The molecular weight excluding hydrogens is 433 g/mol. The number of fused-ring (bicyclic) bond motifs is 5. The Bertz CT molecular complexity index is 1610.